The number of hydrogen-bond acceptors (Lipinski definition) is 1. The van der Waals surface area contributed by atoms with Gasteiger partial charge in [0.25, 0.3) is 0 Å². The van der Waals surface area contributed by atoms with E-state index in [1.165, 1.54) is 0 Å². The van der Waals surface area contributed by atoms with Crippen molar-refractivity contribution >= 4 is 11.9 Å². The Morgan fingerprint density at radius 2 is 1.20 bits per heavy atom. The number of halogens is 2. The topological polar surface area (TPSA) is 23.1 Å². The van der Waals surface area contributed by atoms with E-state index < -0.39 is 0 Å². The predicted octanol–water partition coefficient (Wildman–Crippen LogP) is -9.49. The second-order valence-electron chi connectivity index (χ2n) is 0. The molecule has 0 atom stereocenters. The summed E-state index contributed by atoms with van der Waals surface area (Å²) < 4.78 is 7.72. The summed E-state index contributed by atoms with van der Waals surface area (Å²) in [6, 6.07) is 0. The number of hydrogen-bond donors (Lipinski definition) is 0. The average Bonchev–Trinajstić information content (AvgIpc) is 1.00. The van der Waals surface area contributed by atoms with Gasteiger partial charge in [0.1, 0.15) is 0 Å². The predicted molar refractivity (Wildman–Crippen MR) is 5.85 cm³/mol. The maximum atomic E-state index is 7.72. The second-order valence-corrected chi connectivity index (χ2v) is 0. The smallest absolute Gasteiger partial charge is 1.00 e. The molecule has 5 heteroatoms. The van der Waals surface area contributed by atoms with Gasteiger partial charge < -0.3 is 17.1 Å². The molecular weight excluding hydrogens is 117 g/mol. The first-order valence-electron chi connectivity index (χ1n) is 0.154. The zero-order chi connectivity index (χ0) is 2.00. The van der Waals surface area contributed by atoms with Crippen LogP contribution in [0, 0.1) is 0 Å². The largest absolute Gasteiger partial charge is 1.00 e. The van der Waals surface area contributed by atoms with E-state index in [2.05, 4.69) is 11.9 Å². The minimum Gasteiger partial charge on any atom is -1.00 e. The summed E-state index contributed by atoms with van der Waals surface area (Å²) in [4.78, 5) is 0. The number of rotatable bonds is 0. The van der Waals surface area contributed by atoms with E-state index in [0.29, 0.717) is 0 Å². The van der Waals surface area contributed by atoms with Gasteiger partial charge in [0, 0.05) is 0 Å². The van der Waals surface area contributed by atoms with Crippen LogP contribution in [0.25, 0.3) is 0 Å². The fraction of sp³-hybridized carbons (Fsp3) is 0. The fourth-order valence-corrected chi connectivity index (χ4v) is 0. The first-order chi connectivity index (χ1) is 1.00. The molecule has 0 heterocycles. The Labute approximate surface area is 76.5 Å². The molecule has 0 amide bonds. The van der Waals surface area contributed by atoms with Gasteiger partial charge in [0.15, 0.2) is 0 Å². The van der Waals surface area contributed by atoms with E-state index in [1.54, 1.807) is 0 Å². The van der Waals surface area contributed by atoms with E-state index in [9.17, 15) is 0 Å². The van der Waals surface area contributed by atoms with Gasteiger partial charge >= 0.3 is 48.4 Å². The summed E-state index contributed by atoms with van der Waals surface area (Å²) in [5, 5.41) is 0. The van der Waals surface area contributed by atoms with Crippen LogP contribution in [0.5, 0.6) is 0 Å². The molecule has 0 bridgehead atoms. The molecule has 0 aromatic rings. The van der Waals surface area contributed by atoms with Gasteiger partial charge in [-0.25, -0.2) is 11.9 Å². The van der Waals surface area contributed by atoms with Crippen LogP contribution in [-0.2, 0) is 0 Å². The molecule has 22 valence electrons. The maximum Gasteiger partial charge on any atom is 1.00 e. The van der Waals surface area contributed by atoms with Gasteiger partial charge in [-0.1, -0.05) is 0 Å². The normalized spacial score (nSPS) is 1.20. The zero-order valence-electron chi connectivity index (χ0n) is 3.16. The van der Waals surface area contributed by atoms with Crippen LogP contribution >= 0.6 is 11.9 Å². The third kappa shape index (κ3) is 23.0. The van der Waals surface area contributed by atoms with Gasteiger partial charge in [-0.05, 0) is 0 Å². The monoisotopic (exact) mass is 116 g/mol. The molecule has 0 aliphatic rings. The molecule has 0 rings (SSSR count). The minimum atomic E-state index is 0. The van der Waals surface area contributed by atoms with Crippen LogP contribution in [0.15, 0.2) is 0 Å². The van der Waals surface area contributed by atoms with Crippen molar-refractivity contribution in [1.29, 1.82) is 0 Å². The van der Waals surface area contributed by atoms with Crippen molar-refractivity contribution < 1.29 is 65.5 Å². The first-order valence-corrected chi connectivity index (χ1v) is 0.463. The van der Waals surface area contributed by atoms with Crippen molar-refractivity contribution in [3.63, 3.8) is 0 Å². The van der Waals surface area contributed by atoms with Gasteiger partial charge in [-0.2, -0.15) is 0 Å². The van der Waals surface area contributed by atoms with Crippen molar-refractivity contribution in [3.8, 4) is 0 Å². The van der Waals surface area contributed by atoms with E-state index in [4.69, 9.17) is 4.66 Å². The van der Waals surface area contributed by atoms with Gasteiger partial charge in [0.05, 0.1) is 0 Å². The standard InChI is InChI=1S/ClO.ClH.Li.Na/c1-2;;;/h;1H;;/q-1;;2*+1/p-1. The molecule has 0 N–H and O–H groups in total. The molecule has 0 spiro atoms. The third-order valence-corrected chi connectivity index (χ3v) is 0. The van der Waals surface area contributed by atoms with Crippen LogP contribution in [0.1, 0.15) is 0 Å². The van der Waals surface area contributed by atoms with Gasteiger partial charge in [-0.3, -0.25) is 0 Å². The molecule has 0 fully saturated rings. The summed E-state index contributed by atoms with van der Waals surface area (Å²) in [7, 11) is 0. The van der Waals surface area contributed by atoms with Crippen LogP contribution in [0.3, 0.4) is 0 Å². The van der Waals surface area contributed by atoms with Crippen LogP contribution in [0.4, 0.5) is 0 Å². The first kappa shape index (κ1) is 27.3. The molecule has 0 saturated heterocycles. The van der Waals surface area contributed by atoms with E-state index >= 15 is 0 Å². The fourth-order valence-electron chi connectivity index (χ4n) is 0. The van der Waals surface area contributed by atoms with Crippen molar-refractivity contribution in [3.05, 3.63) is 0 Å². The SMILES string of the molecule is [Cl-].[Li+].[Na+].[O-]Cl. The Morgan fingerprint density at radius 3 is 1.20 bits per heavy atom. The Hall–Kier alpha value is 2.14. The summed E-state index contributed by atoms with van der Waals surface area (Å²) >= 11 is 3.39. The van der Waals surface area contributed by atoms with Crippen molar-refractivity contribution in [2.45, 2.75) is 0 Å². The zero-order valence-corrected chi connectivity index (χ0v) is 6.68. The van der Waals surface area contributed by atoms with E-state index in [0.717, 1.165) is 0 Å². The summed E-state index contributed by atoms with van der Waals surface area (Å²) in [5.41, 5.74) is 0. The molecule has 0 radical (unpaired) electrons. The van der Waals surface area contributed by atoms with Crippen molar-refractivity contribution in [2.24, 2.45) is 0 Å². The molecule has 0 aromatic heterocycles. The molecule has 0 aromatic carbocycles. The third-order valence-electron chi connectivity index (χ3n) is 0. The Morgan fingerprint density at radius 1 is 1.20 bits per heavy atom. The Kier molecular flexibility index (Phi) is 194. The summed E-state index contributed by atoms with van der Waals surface area (Å²) in [5.74, 6) is 0. The van der Waals surface area contributed by atoms with Crippen LogP contribution in [-0.4, -0.2) is 0 Å². The second kappa shape index (κ2) is 35.5. The summed E-state index contributed by atoms with van der Waals surface area (Å²) in [6.45, 7) is 0. The van der Waals surface area contributed by atoms with Crippen molar-refractivity contribution in [1.82, 2.24) is 0 Å². The molecular formula is Cl2LiNaO. The summed E-state index contributed by atoms with van der Waals surface area (Å²) in [6.07, 6.45) is 0. The molecule has 5 heavy (non-hydrogen) atoms. The minimum absolute atomic E-state index is 0. The Balaban J connectivity index is -0.00000000167. The molecule has 0 aliphatic heterocycles. The van der Waals surface area contributed by atoms with Gasteiger partial charge in [0.2, 0.25) is 0 Å². The molecule has 1 nitrogen and oxygen atoms in total. The van der Waals surface area contributed by atoms with Crippen molar-refractivity contribution in [2.75, 3.05) is 0 Å². The van der Waals surface area contributed by atoms with Crippen LogP contribution < -0.4 is 65.5 Å². The quantitative estimate of drug-likeness (QED) is 0.289. The van der Waals surface area contributed by atoms with E-state index in [-0.39, 0.29) is 60.8 Å². The molecule has 0 unspecified atom stereocenters. The molecule has 0 aliphatic carbocycles. The molecule has 0 saturated carbocycles. The maximum absolute atomic E-state index is 7.72. The van der Waals surface area contributed by atoms with E-state index in [1.807, 2.05) is 0 Å². The Bertz CT molecular complexity index is 9.61. The van der Waals surface area contributed by atoms with Crippen LogP contribution in [0.2, 0.25) is 0 Å². The average molecular weight is 117 g/mol. The van der Waals surface area contributed by atoms with Gasteiger partial charge in [-0.15, -0.1) is 0 Å².